The maximum atomic E-state index is 13.3. The number of non-ortho nitro benzene ring substituents is 1. The lowest BCUT2D eigenvalue weighted by Crippen LogP contribution is -2.53. The monoisotopic (exact) mass is 517 g/mol. The van der Waals surface area contributed by atoms with Crippen molar-refractivity contribution in [2.24, 2.45) is 5.92 Å². The van der Waals surface area contributed by atoms with E-state index in [4.69, 9.17) is 14.2 Å². The van der Waals surface area contributed by atoms with Crippen LogP contribution in [0.2, 0.25) is 0 Å². The zero-order valence-corrected chi connectivity index (χ0v) is 21.2. The van der Waals surface area contributed by atoms with E-state index in [1.807, 2.05) is 0 Å². The van der Waals surface area contributed by atoms with Gasteiger partial charge in [-0.25, -0.2) is 14.4 Å². The molecule has 1 N–H and O–H groups in total. The summed E-state index contributed by atoms with van der Waals surface area (Å²) in [5.41, 5.74) is -2.21. The van der Waals surface area contributed by atoms with Crippen molar-refractivity contribution < 1.29 is 38.3 Å². The number of benzene rings is 1. The molecule has 2 fully saturated rings. The molecule has 2 aliphatic rings. The van der Waals surface area contributed by atoms with Crippen molar-refractivity contribution in [2.45, 2.75) is 63.8 Å². The number of nitrogens with zero attached hydrogens (tertiary/aromatic N) is 2. The molecule has 0 bridgehead atoms. The second-order valence-electron chi connectivity index (χ2n) is 9.94. The number of esters is 2. The highest BCUT2D eigenvalue weighted by atomic mass is 16.6. The minimum absolute atomic E-state index is 0.0402. The van der Waals surface area contributed by atoms with Crippen LogP contribution in [0.25, 0.3) is 0 Å². The van der Waals surface area contributed by atoms with Gasteiger partial charge in [-0.15, -0.1) is 6.58 Å². The van der Waals surface area contributed by atoms with Crippen molar-refractivity contribution in [3.8, 4) is 0 Å². The SMILES string of the molecule is C=C[C@@H]1C[C@]1(NC(=O)[C@@H]1C[C@@H](OC(=O)c2ccc([N+](=O)[O-])cc2)CN1C(=O)OC(C)(C)C)C(=O)OCC. The van der Waals surface area contributed by atoms with Gasteiger partial charge in [0.1, 0.15) is 23.3 Å². The summed E-state index contributed by atoms with van der Waals surface area (Å²) in [5, 5.41) is 13.6. The fourth-order valence-electron chi connectivity index (χ4n) is 4.16. The molecule has 0 radical (unpaired) electrons. The third-order valence-electron chi connectivity index (χ3n) is 6.07. The fraction of sp³-hybridized carbons (Fsp3) is 0.520. The van der Waals surface area contributed by atoms with E-state index in [2.05, 4.69) is 11.9 Å². The Kier molecular flexibility index (Phi) is 7.89. The Labute approximate surface area is 214 Å². The summed E-state index contributed by atoms with van der Waals surface area (Å²) in [6, 6.07) is 3.79. The van der Waals surface area contributed by atoms with Crippen LogP contribution >= 0.6 is 0 Å². The Morgan fingerprint density at radius 1 is 1.24 bits per heavy atom. The molecule has 1 heterocycles. The fourth-order valence-corrected chi connectivity index (χ4v) is 4.16. The summed E-state index contributed by atoms with van der Waals surface area (Å²) < 4.78 is 16.1. The molecule has 37 heavy (non-hydrogen) atoms. The lowest BCUT2D eigenvalue weighted by atomic mass is 10.1. The van der Waals surface area contributed by atoms with Crippen LogP contribution in [0.5, 0.6) is 0 Å². The molecule has 0 unspecified atom stereocenters. The van der Waals surface area contributed by atoms with Crippen molar-refractivity contribution >= 4 is 29.6 Å². The number of ether oxygens (including phenoxy) is 3. The van der Waals surface area contributed by atoms with Gasteiger partial charge in [-0.2, -0.15) is 0 Å². The van der Waals surface area contributed by atoms with Gasteiger partial charge in [0.2, 0.25) is 5.91 Å². The van der Waals surface area contributed by atoms with Crippen LogP contribution in [0.3, 0.4) is 0 Å². The number of hydrogen-bond donors (Lipinski definition) is 1. The van der Waals surface area contributed by atoms with E-state index < -0.39 is 52.1 Å². The summed E-state index contributed by atoms with van der Waals surface area (Å²) >= 11 is 0. The standard InChI is InChI=1S/C25H31N3O9/c1-6-16-13-25(16,22(31)35-7-2)26-20(29)19-12-18(14-27(19)23(32)37-24(3,4)5)36-21(30)15-8-10-17(11-9-15)28(33)34/h6,8-11,16,18-19H,1,7,12-14H2,2-5H3,(H,26,29)/t16-,18-,19+,25-/m1/s1. The topological polar surface area (TPSA) is 154 Å². The number of carbonyl (C=O) groups excluding carboxylic acids is 4. The van der Waals surface area contributed by atoms with Gasteiger partial charge in [-0.05, 0) is 46.2 Å². The van der Waals surface area contributed by atoms with E-state index in [1.54, 1.807) is 33.8 Å². The predicted molar refractivity (Wildman–Crippen MR) is 129 cm³/mol. The van der Waals surface area contributed by atoms with Crippen LogP contribution < -0.4 is 5.32 Å². The molecule has 1 aliphatic carbocycles. The molecule has 200 valence electrons. The van der Waals surface area contributed by atoms with Crippen LogP contribution in [-0.2, 0) is 23.8 Å². The van der Waals surface area contributed by atoms with Crippen molar-refractivity contribution in [2.75, 3.05) is 13.2 Å². The molecule has 4 atom stereocenters. The molecule has 1 aromatic rings. The first kappa shape index (κ1) is 27.6. The van der Waals surface area contributed by atoms with E-state index in [0.717, 1.165) is 0 Å². The quantitative estimate of drug-likeness (QED) is 0.180. The molecule has 0 aromatic heterocycles. The van der Waals surface area contributed by atoms with Crippen LogP contribution in [0, 0.1) is 16.0 Å². The van der Waals surface area contributed by atoms with Gasteiger partial charge in [0, 0.05) is 24.5 Å². The van der Waals surface area contributed by atoms with E-state index in [0.29, 0.717) is 6.42 Å². The normalized spacial score (nSPS) is 24.5. The minimum Gasteiger partial charge on any atom is -0.464 e. The van der Waals surface area contributed by atoms with Crippen LogP contribution in [0.4, 0.5) is 10.5 Å². The molecule has 1 saturated heterocycles. The highest BCUT2D eigenvalue weighted by Gasteiger charge is 2.62. The second kappa shape index (κ2) is 10.6. The first-order chi connectivity index (χ1) is 17.3. The highest BCUT2D eigenvalue weighted by molar-refractivity contribution is 5.95. The number of nitrogens with one attached hydrogen (secondary N) is 1. The molecule has 1 aromatic carbocycles. The minimum atomic E-state index is -1.26. The molecular formula is C25H31N3O9. The number of carbonyl (C=O) groups is 4. The summed E-state index contributed by atoms with van der Waals surface area (Å²) in [7, 11) is 0. The van der Waals surface area contributed by atoms with Crippen molar-refractivity contribution in [1.82, 2.24) is 10.2 Å². The summed E-state index contributed by atoms with van der Waals surface area (Å²) in [6.45, 7) is 10.4. The number of rotatable bonds is 8. The maximum absolute atomic E-state index is 13.3. The Morgan fingerprint density at radius 2 is 1.89 bits per heavy atom. The number of hydrogen-bond acceptors (Lipinski definition) is 9. The van der Waals surface area contributed by atoms with E-state index in [1.165, 1.54) is 29.2 Å². The van der Waals surface area contributed by atoms with Crippen LogP contribution in [0.15, 0.2) is 36.9 Å². The Hall–Kier alpha value is -3.96. The zero-order chi connectivity index (χ0) is 27.5. The number of nitro benzene ring substituents is 1. The third kappa shape index (κ3) is 6.25. The molecule has 2 amide bonds. The molecule has 1 saturated carbocycles. The van der Waals surface area contributed by atoms with Gasteiger partial charge in [0.05, 0.1) is 23.6 Å². The third-order valence-corrected chi connectivity index (χ3v) is 6.07. The van der Waals surface area contributed by atoms with Gasteiger partial charge >= 0.3 is 18.0 Å². The lowest BCUT2D eigenvalue weighted by Gasteiger charge is -2.28. The largest absolute Gasteiger partial charge is 0.464 e. The average Bonchev–Trinajstić information content (AvgIpc) is 3.37. The predicted octanol–water partition coefficient (Wildman–Crippen LogP) is 2.75. The Balaban J connectivity index is 1.77. The van der Waals surface area contributed by atoms with E-state index in [9.17, 15) is 29.3 Å². The highest BCUT2D eigenvalue weighted by Crippen LogP contribution is 2.45. The smallest absolute Gasteiger partial charge is 0.411 e. The first-order valence-corrected chi connectivity index (χ1v) is 11.9. The number of likely N-dealkylation sites (tertiary alicyclic amines) is 1. The van der Waals surface area contributed by atoms with Gasteiger partial charge in [-0.3, -0.25) is 19.8 Å². The van der Waals surface area contributed by atoms with Crippen molar-refractivity contribution in [1.29, 1.82) is 0 Å². The second-order valence-corrected chi connectivity index (χ2v) is 9.94. The number of nitro groups is 1. The zero-order valence-electron chi connectivity index (χ0n) is 21.2. The molecule has 0 spiro atoms. The molecule has 3 rings (SSSR count). The molecule has 1 aliphatic heterocycles. The van der Waals surface area contributed by atoms with Gasteiger partial charge in [0.15, 0.2) is 0 Å². The summed E-state index contributed by atoms with van der Waals surface area (Å²) in [5.74, 6) is -2.28. The average molecular weight is 518 g/mol. The van der Waals surface area contributed by atoms with Gasteiger partial charge < -0.3 is 19.5 Å². The number of amides is 2. The van der Waals surface area contributed by atoms with Crippen LogP contribution in [-0.4, -0.2) is 70.2 Å². The van der Waals surface area contributed by atoms with E-state index in [-0.39, 0.29) is 36.7 Å². The van der Waals surface area contributed by atoms with Gasteiger partial charge in [-0.1, -0.05) is 6.08 Å². The summed E-state index contributed by atoms with van der Waals surface area (Å²) in [4.78, 5) is 62.9. The lowest BCUT2D eigenvalue weighted by molar-refractivity contribution is -0.384. The maximum Gasteiger partial charge on any atom is 0.411 e. The van der Waals surface area contributed by atoms with Crippen LogP contribution in [0.1, 0.15) is 50.9 Å². The van der Waals surface area contributed by atoms with Gasteiger partial charge in [0.25, 0.3) is 5.69 Å². The molecular weight excluding hydrogens is 486 g/mol. The van der Waals surface area contributed by atoms with Crippen molar-refractivity contribution in [3.63, 3.8) is 0 Å². The van der Waals surface area contributed by atoms with Crippen molar-refractivity contribution in [3.05, 3.63) is 52.6 Å². The molecule has 12 heteroatoms. The summed E-state index contributed by atoms with van der Waals surface area (Å²) in [6.07, 6.45) is 0.202. The Bertz CT molecular complexity index is 1100. The first-order valence-electron chi connectivity index (χ1n) is 11.9. The van der Waals surface area contributed by atoms with E-state index >= 15 is 0 Å². The Morgan fingerprint density at radius 3 is 2.41 bits per heavy atom. The molecule has 12 nitrogen and oxygen atoms in total.